The Morgan fingerprint density at radius 2 is 2.15 bits per heavy atom. The third-order valence-corrected chi connectivity index (χ3v) is 4.20. The zero-order valence-corrected chi connectivity index (χ0v) is 12.1. The summed E-state index contributed by atoms with van der Waals surface area (Å²) < 4.78 is 1.98. The molecule has 1 N–H and O–H groups in total. The molecule has 1 aliphatic rings. The molecule has 0 spiro atoms. The van der Waals surface area contributed by atoms with Crippen LogP contribution in [0.5, 0.6) is 0 Å². The number of aromatic nitrogens is 2. The Morgan fingerprint density at radius 1 is 1.25 bits per heavy atom. The Hall–Kier alpha value is -1.77. The zero-order chi connectivity index (χ0) is 13.8. The van der Waals surface area contributed by atoms with Crippen molar-refractivity contribution in [2.75, 3.05) is 5.32 Å². The molecule has 20 heavy (non-hydrogen) atoms. The van der Waals surface area contributed by atoms with Crippen LogP contribution >= 0.6 is 0 Å². The smallest absolute Gasteiger partial charge is 0.0679 e. The van der Waals surface area contributed by atoms with E-state index in [1.54, 1.807) is 0 Å². The third-order valence-electron chi connectivity index (χ3n) is 4.20. The van der Waals surface area contributed by atoms with E-state index in [-0.39, 0.29) is 0 Å². The second kappa shape index (κ2) is 6.12. The fourth-order valence-corrected chi connectivity index (χ4v) is 3.15. The lowest BCUT2D eigenvalue weighted by Crippen LogP contribution is -2.26. The third kappa shape index (κ3) is 3.21. The van der Waals surface area contributed by atoms with Crippen LogP contribution in [0.4, 0.5) is 5.69 Å². The maximum absolute atomic E-state index is 4.30. The summed E-state index contributed by atoms with van der Waals surface area (Å²) in [5.41, 5.74) is 2.58. The summed E-state index contributed by atoms with van der Waals surface area (Å²) in [5, 5.41) is 8.05. The van der Waals surface area contributed by atoms with Crippen molar-refractivity contribution in [3.63, 3.8) is 0 Å². The van der Waals surface area contributed by atoms with E-state index >= 15 is 0 Å². The maximum atomic E-state index is 4.30. The van der Waals surface area contributed by atoms with E-state index in [1.165, 1.54) is 36.9 Å². The molecule has 2 aromatic rings. The van der Waals surface area contributed by atoms with Gasteiger partial charge in [-0.15, -0.1) is 0 Å². The SMILES string of the molecule is CC1CCCC(Nc2ccccc2Cn2cccn2)C1. The van der Waals surface area contributed by atoms with Gasteiger partial charge in [-0.05, 0) is 36.5 Å². The van der Waals surface area contributed by atoms with Crippen LogP contribution in [-0.2, 0) is 6.54 Å². The number of benzene rings is 1. The molecular formula is C17H23N3. The average molecular weight is 269 g/mol. The Bertz CT molecular complexity index is 533. The molecule has 3 nitrogen and oxygen atoms in total. The highest BCUT2D eigenvalue weighted by Crippen LogP contribution is 2.27. The first-order valence-corrected chi connectivity index (χ1v) is 7.63. The summed E-state index contributed by atoms with van der Waals surface area (Å²) in [6.07, 6.45) is 9.15. The first kappa shape index (κ1) is 13.2. The molecule has 1 aromatic heterocycles. The van der Waals surface area contributed by atoms with Crippen LogP contribution in [0.2, 0.25) is 0 Å². The predicted molar refractivity (Wildman–Crippen MR) is 82.8 cm³/mol. The van der Waals surface area contributed by atoms with Gasteiger partial charge in [0.05, 0.1) is 6.54 Å². The summed E-state index contributed by atoms with van der Waals surface area (Å²) in [4.78, 5) is 0. The van der Waals surface area contributed by atoms with E-state index in [0.717, 1.165) is 12.5 Å². The van der Waals surface area contributed by atoms with Gasteiger partial charge in [-0.25, -0.2) is 0 Å². The van der Waals surface area contributed by atoms with Gasteiger partial charge >= 0.3 is 0 Å². The Kier molecular flexibility index (Phi) is 4.05. The van der Waals surface area contributed by atoms with Gasteiger partial charge in [0.15, 0.2) is 0 Å². The van der Waals surface area contributed by atoms with Crippen molar-refractivity contribution in [3.05, 3.63) is 48.3 Å². The highest BCUT2D eigenvalue weighted by Gasteiger charge is 2.19. The van der Waals surface area contributed by atoms with Crippen molar-refractivity contribution in [1.82, 2.24) is 9.78 Å². The highest BCUT2D eigenvalue weighted by molar-refractivity contribution is 5.51. The number of para-hydroxylation sites is 1. The van der Waals surface area contributed by atoms with Crippen LogP contribution in [-0.4, -0.2) is 15.8 Å². The van der Waals surface area contributed by atoms with E-state index in [4.69, 9.17) is 0 Å². The Morgan fingerprint density at radius 3 is 2.95 bits per heavy atom. The van der Waals surface area contributed by atoms with Crippen LogP contribution in [0.3, 0.4) is 0 Å². The van der Waals surface area contributed by atoms with E-state index in [0.29, 0.717) is 6.04 Å². The van der Waals surface area contributed by atoms with Crippen LogP contribution in [0, 0.1) is 5.92 Å². The van der Waals surface area contributed by atoms with Gasteiger partial charge < -0.3 is 5.32 Å². The monoisotopic (exact) mass is 269 g/mol. The molecule has 1 aromatic carbocycles. The molecule has 1 aliphatic carbocycles. The van der Waals surface area contributed by atoms with Gasteiger partial charge in [0, 0.05) is 24.1 Å². The van der Waals surface area contributed by atoms with Crippen LogP contribution in [0.15, 0.2) is 42.7 Å². The minimum Gasteiger partial charge on any atom is -0.382 e. The minimum atomic E-state index is 0.623. The Balaban J connectivity index is 1.72. The predicted octanol–water partition coefficient (Wildman–Crippen LogP) is 3.92. The minimum absolute atomic E-state index is 0.623. The molecule has 3 heteroatoms. The summed E-state index contributed by atoms with van der Waals surface area (Å²) >= 11 is 0. The van der Waals surface area contributed by atoms with Gasteiger partial charge in [-0.3, -0.25) is 4.68 Å². The average Bonchev–Trinajstić information content (AvgIpc) is 2.94. The van der Waals surface area contributed by atoms with Crippen molar-refractivity contribution >= 4 is 5.69 Å². The standard InChI is InChI=1S/C17H23N3/c1-14-6-4-8-16(12-14)19-17-9-3-2-7-15(17)13-20-11-5-10-18-20/h2-3,5,7,9-11,14,16,19H,4,6,8,12-13H2,1H3. The molecule has 3 rings (SSSR count). The molecule has 2 atom stereocenters. The molecule has 0 amide bonds. The van der Waals surface area contributed by atoms with E-state index in [9.17, 15) is 0 Å². The molecule has 2 unspecified atom stereocenters. The zero-order valence-electron chi connectivity index (χ0n) is 12.1. The van der Waals surface area contributed by atoms with Crippen molar-refractivity contribution in [1.29, 1.82) is 0 Å². The topological polar surface area (TPSA) is 29.9 Å². The summed E-state index contributed by atoms with van der Waals surface area (Å²) in [5.74, 6) is 0.847. The molecule has 0 bridgehead atoms. The number of nitrogens with zero attached hydrogens (tertiary/aromatic N) is 2. The summed E-state index contributed by atoms with van der Waals surface area (Å²) in [6.45, 7) is 3.20. The Labute approximate surface area is 121 Å². The number of nitrogens with one attached hydrogen (secondary N) is 1. The number of rotatable bonds is 4. The maximum Gasteiger partial charge on any atom is 0.0679 e. The lowest BCUT2D eigenvalue weighted by atomic mass is 9.87. The second-order valence-corrected chi connectivity index (χ2v) is 5.97. The fourth-order valence-electron chi connectivity index (χ4n) is 3.15. The summed E-state index contributed by atoms with van der Waals surface area (Å²) in [6, 6.07) is 11.2. The summed E-state index contributed by atoms with van der Waals surface area (Å²) in [7, 11) is 0. The van der Waals surface area contributed by atoms with Crippen LogP contribution in [0.1, 0.15) is 38.2 Å². The molecule has 106 valence electrons. The van der Waals surface area contributed by atoms with Gasteiger partial charge in [0.1, 0.15) is 0 Å². The lowest BCUT2D eigenvalue weighted by molar-refractivity contribution is 0.358. The van der Waals surface area contributed by atoms with Crippen LogP contribution < -0.4 is 5.32 Å². The molecule has 1 heterocycles. The first-order valence-electron chi connectivity index (χ1n) is 7.63. The number of hydrogen-bond donors (Lipinski definition) is 1. The van der Waals surface area contributed by atoms with Crippen LogP contribution in [0.25, 0.3) is 0 Å². The quantitative estimate of drug-likeness (QED) is 0.911. The highest BCUT2D eigenvalue weighted by atomic mass is 15.3. The molecule has 1 saturated carbocycles. The van der Waals surface area contributed by atoms with E-state index in [2.05, 4.69) is 41.6 Å². The van der Waals surface area contributed by atoms with Gasteiger partial charge in [-0.2, -0.15) is 5.10 Å². The number of anilines is 1. The van der Waals surface area contributed by atoms with Gasteiger partial charge in [-0.1, -0.05) is 38.0 Å². The molecule has 0 saturated heterocycles. The lowest BCUT2D eigenvalue weighted by Gasteiger charge is -2.29. The van der Waals surface area contributed by atoms with E-state index < -0.39 is 0 Å². The van der Waals surface area contributed by atoms with Crippen molar-refractivity contribution in [2.24, 2.45) is 5.92 Å². The molecular weight excluding hydrogens is 246 g/mol. The van der Waals surface area contributed by atoms with Crippen molar-refractivity contribution in [2.45, 2.75) is 45.2 Å². The first-order chi connectivity index (χ1) is 9.81. The normalized spacial score (nSPS) is 22.6. The van der Waals surface area contributed by atoms with E-state index in [1.807, 2.05) is 23.1 Å². The molecule has 0 radical (unpaired) electrons. The number of hydrogen-bond acceptors (Lipinski definition) is 2. The van der Waals surface area contributed by atoms with Crippen molar-refractivity contribution < 1.29 is 0 Å². The van der Waals surface area contributed by atoms with Gasteiger partial charge in [0.25, 0.3) is 0 Å². The van der Waals surface area contributed by atoms with Gasteiger partial charge in [0.2, 0.25) is 0 Å². The second-order valence-electron chi connectivity index (χ2n) is 5.97. The fraction of sp³-hybridized carbons (Fsp3) is 0.471. The molecule has 0 aliphatic heterocycles. The van der Waals surface area contributed by atoms with Crippen molar-refractivity contribution in [3.8, 4) is 0 Å². The molecule has 1 fully saturated rings. The largest absolute Gasteiger partial charge is 0.382 e.